The highest BCUT2D eigenvalue weighted by Crippen LogP contribution is 2.19. The van der Waals surface area contributed by atoms with Gasteiger partial charge in [-0.05, 0) is 31.2 Å². The van der Waals surface area contributed by atoms with E-state index in [1.807, 2.05) is 6.92 Å². The van der Waals surface area contributed by atoms with E-state index in [0.29, 0.717) is 6.61 Å². The Morgan fingerprint density at radius 3 is 2.42 bits per heavy atom. The smallest absolute Gasteiger partial charge is 0.208 e. The van der Waals surface area contributed by atoms with Crippen LogP contribution in [0.25, 0.3) is 0 Å². The van der Waals surface area contributed by atoms with Gasteiger partial charge in [0.15, 0.2) is 5.78 Å². The molecule has 0 fully saturated rings. The SMILES string of the molecule is CCOC1(OC)C=CC(=O)C=C1. The van der Waals surface area contributed by atoms with Crippen LogP contribution in [0.3, 0.4) is 0 Å². The number of methoxy groups -OCH3 is 1. The topological polar surface area (TPSA) is 35.5 Å². The van der Waals surface area contributed by atoms with Gasteiger partial charge in [0.2, 0.25) is 5.79 Å². The first kappa shape index (κ1) is 9.16. The van der Waals surface area contributed by atoms with Crippen molar-refractivity contribution in [3.63, 3.8) is 0 Å². The van der Waals surface area contributed by atoms with Crippen molar-refractivity contribution in [2.75, 3.05) is 13.7 Å². The largest absolute Gasteiger partial charge is 0.346 e. The third-order valence-corrected chi connectivity index (χ3v) is 1.65. The Balaban J connectivity index is 2.75. The van der Waals surface area contributed by atoms with Crippen molar-refractivity contribution < 1.29 is 14.3 Å². The fourth-order valence-electron chi connectivity index (χ4n) is 1.02. The average Bonchev–Trinajstić information content (AvgIpc) is 2.10. The molecule has 0 saturated carbocycles. The number of ketones is 1. The second-order valence-electron chi connectivity index (χ2n) is 2.43. The van der Waals surface area contributed by atoms with Crippen LogP contribution in [0.4, 0.5) is 0 Å². The van der Waals surface area contributed by atoms with Crippen molar-refractivity contribution >= 4 is 5.78 Å². The molecule has 1 aliphatic carbocycles. The van der Waals surface area contributed by atoms with Crippen LogP contribution in [-0.4, -0.2) is 25.3 Å². The van der Waals surface area contributed by atoms with Crippen molar-refractivity contribution in [1.29, 1.82) is 0 Å². The fraction of sp³-hybridized carbons (Fsp3) is 0.444. The van der Waals surface area contributed by atoms with Crippen LogP contribution >= 0.6 is 0 Å². The van der Waals surface area contributed by atoms with E-state index in [-0.39, 0.29) is 5.78 Å². The van der Waals surface area contributed by atoms with Crippen molar-refractivity contribution in [3.05, 3.63) is 24.3 Å². The Bertz CT molecular complexity index is 212. The predicted molar refractivity (Wildman–Crippen MR) is 44.7 cm³/mol. The molecule has 0 radical (unpaired) electrons. The Labute approximate surface area is 71.7 Å². The van der Waals surface area contributed by atoms with Gasteiger partial charge < -0.3 is 9.47 Å². The van der Waals surface area contributed by atoms with E-state index in [4.69, 9.17) is 9.47 Å². The maximum atomic E-state index is 10.8. The van der Waals surface area contributed by atoms with E-state index in [2.05, 4.69) is 0 Å². The van der Waals surface area contributed by atoms with Crippen LogP contribution in [0.5, 0.6) is 0 Å². The van der Waals surface area contributed by atoms with Gasteiger partial charge in [-0.1, -0.05) is 0 Å². The zero-order chi connectivity index (χ0) is 9.03. The summed E-state index contributed by atoms with van der Waals surface area (Å²) in [6.07, 6.45) is 6.11. The summed E-state index contributed by atoms with van der Waals surface area (Å²) in [4.78, 5) is 10.8. The Hall–Kier alpha value is -0.930. The Morgan fingerprint density at radius 1 is 1.42 bits per heavy atom. The lowest BCUT2D eigenvalue weighted by Gasteiger charge is -2.26. The van der Waals surface area contributed by atoms with E-state index >= 15 is 0 Å². The highest BCUT2D eigenvalue weighted by atomic mass is 16.7. The van der Waals surface area contributed by atoms with Crippen LogP contribution < -0.4 is 0 Å². The first-order valence-corrected chi connectivity index (χ1v) is 3.84. The summed E-state index contributed by atoms with van der Waals surface area (Å²) >= 11 is 0. The molecule has 0 N–H and O–H groups in total. The van der Waals surface area contributed by atoms with Gasteiger partial charge in [-0.25, -0.2) is 0 Å². The van der Waals surface area contributed by atoms with Crippen molar-refractivity contribution in [2.45, 2.75) is 12.7 Å². The Morgan fingerprint density at radius 2 is 2.00 bits per heavy atom. The molecule has 3 heteroatoms. The van der Waals surface area contributed by atoms with Gasteiger partial charge in [-0.15, -0.1) is 0 Å². The molecular weight excluding hydrogens is 156 g/mol. The zero-order valence-electron chi connectivity index (χ0n) is 7.24. The summed E-state index contributed by atoms with van der Waals surface area (Å²) in [6, 6.07) is 0. The lowest BCUT2D eigenvalue weighted by molar-refractivity contribution is -0.151. The number of allylic oxidation sites excluding steroid dienone is 2. The van der Waals surface area contributed by atoms with Crippen molar-refractivity contribution in [3.8, 4) is 0 Å². The van der Waals surface area contributed by atoms with Gasteiger partial charge >= 0.3 is 0 Å². The molecule has 0 unspecified atom stereocenters. The van der Waals surface area contributed by atoms with E-state index < -0.39 is 5.79 Å². The third-order valence-electron chi connectivity index (χ3n) is 1.65. The van der Waals surface area contributed by atoms with Crippen LogP contribution in [0.2, 0.25) is 0 Å². The quantitative estimate of drug-likeness (QED) is 0.591. The molecule has 0 amide bonds. The van der Waals surface area contributed by atoms with Crippen molar-refractivity contribution in [1.82, 2.24) is 0 Å². The minimum absolute atomic E-state index is 0.0395. The van der Waals surface area contributed by atoms with Gasteiger partial charge in [0, 0.05) is 13.7 Å². The summed E-state index contributed by atoms with van der Waals surface area (Å²) in [5, 5.41) is 0. The molecule has 1 rings (SSSR count). The van der Waals surface area contributed by atoms with Gasteiger partial charge in [-0.2, -0.15) is 0 Å². The molecule has 0 spiro atoms. The molecule has 0 heterocycles. The van der Waals surface area contributed by atoms with Crippen LogP contribution in [-0.2, 0) is 14.3 Å². The first-order valence-electron chi connectivity index (χ1n) is 3.84. The molecule has 0 aliphatic heterocycles. The molecular formula is C9H12O3. The van der Waals surface area contributed by atoms with Gasteiger partial charge in [0.05, 0.1) is 0 Å². The molecule has 0 atom stereocenters. The lowest BCUT2D eigenvalue weighted by atomic mass is 10.1. The highest BCUT2D eigenvalue weighted by molar-refractivity contribution is 6.00. The van der Waals surface area contributed by atoms with Gasteiger partial charge in [0.25, 0.3) is 0 Å². The normalized spacial score (nSPS) is 20.0. The van der Waals surface area contributed by atoms with E-state index in [1.165, 1.54) is 12.2 Å². The minimum atomic E-state index is -0.831. The summed E-state index contributed by atoms with van der Waals surface area (Å²) in [6.45, 7) is 2.41. The standard InChI is InChI=1S/C9H12O3/c1-3-12-9(11-2)6-4-8(10)5-7-9/h4-7H,3H2,1-2H3. The van der Waals surface area contributed by atoms with E-state index in [0.717, 1.165) is 0 Å². The van der Waals surface area contributed by atoms with Crippen LogP contribution in [0.1, 0.15) is 6.92 Å². The number of hydrogen-bond acceptors (Lipinski definition) is 3. The number of carbonyl (C=O) groups is 1. The van der Waals surface area contributed by atoms with Gasteiger partial charge in [-0.3, -0.25) is 4.79 Å². The molecule has 0 aromatic rings. The highest BCUT2D eigenvalue weighted by Gasteiger charge is 2.26. The van der Waals surface area contributed by atoms with E-state index in [1.54, 1.807) is 19.3 Å². The second-order valence-corrected chi connectivity index (χ2v) is 2.43. The van der Waals surface area contributed by atoms with Crippen LogP contribution in [0.15, 0.2) is 24.3 Å². The maximum Gasteiger partial charge on any atom is 0.208 e. The summed E-state index contributed by atoms with van der Waals surface area (Å²) in [5.41, 5.74) is 0. The number of rotatable bonds is 3. The second kappa shape index (κ2) is 3.65. The van der Waals surface area contributed by atoms with Crippen LogP contribution in [0, 0.1) is 0 Å². The lowest BCUT2D eigenvalue weighted by Crippen LogP contribution is -2.32. The van der Waals surface area contributed by atoms with Crippen molar-refractivity contribution in [2.24, 2.45) is 0 Å². The number of ether oxygens (including phenoxy) is 2. The number of hydrogen-bond donors (Lipinski definition) is 0. The molecule has 66 valence electrons. The molecule has 12 heavy (non-hydrogen) atoms. The molecule has 0 aromatic carbocycles. The van der Waals surface area contributed by atoms with Gasteiger partial charge in [0.1, 0.15) is 0 Å². The molecule has 3 nitrogen and oxygen atoms in total. The molecule has 0 aromatic heterocycles. The summed E-state index contributed by atoms with van der Waals surface area (Å²) in [5.74, 6) is -0.870. The monoisotopic (exact) mass is 168 g/mol. The molecule has 0 bridgehead atoms. The van der Waals surface area contributed by atoms with E-state index in [9.17, 15) is 4.79 Å². The zero-order valence-corrected chi connectivity index (χ0v) is 7.24. The fourth-order valence-corrected chi connectivity index (χ4v) is 1.02. The summed E-state index contributed by atoms with van der Waals surface area (Å²) < 4.78 is 10.4. The summed E-state index contributed by atoms with van der Waals surface area (Å²) in [7, 11) is 1.54. The average molecular weight is 168 g/mol. The number of carbonyl (C=O) groups excluding carboxylic acids is 1. The first-order chi connectivity index (χ1) is 5.72. The Kier molecular flexibility index (Phi) is 2.78. The molecule has 0 saturated heterocycles. The molecule has 1 aliphatic rings. The minimum Gasteiger partial charge on any atom is -0.346 e. The predicted octanol–water partition coefficient (Wildman–Crippen LogP) is 1.06. The third kappa shape index (κ3) is 1.81. The maximum absolute atomic E-state index is 10.8.